The zero-order valence-corrected chi connectivity index (χ0v) is 8.31. The second-order valence-electron chi connectivity index (χ2n) is 2.77. The molecule has 0 aliphatic rings. The lowest BCUT2D eigenvalue weighted by Crippen LogP contribution is -1.85. The molecule has 0 saturated carbocycles. The number of benzene rings is 1. The first-order chi connectivity index (χ1) is 6.29. The third kappa shape index (κ3) is 1.77. The summed E-state index contributed by atoms with van der Waals surface area (Å²) in [4.78, 5) is 4.34. The fourth-order valence-corrected chi connectivity index (χ4v) is 1.54. The molecule has 13 heavy (non-hydrogen) atoms. The van der Waals surface area contributed by atoms with Crippen LogP contribution in [0.3, 0.4) is 0 Å². The van der Waals surface area contributed by atoms with Gasteiger partial charge in [-0.15, -0.1) is 11.6 Å². The van der Waals surface area contributed by atoms with Gasteiger partial charge in [-0.3, -0.25) is 4.98 Å². The Balaban J connectivity index is 2.66. The van der Waals surface area contributed by atoms with Crippen molar-refractivity contribution in [3.05, 3.63) is 41.0 Å². The lowest BCUT2D eigenvalue weighted by Gasteiger charge is -1.99. The fraction of sp³-hybridized carbons (Fsp3) is 0.100. The largest absolute Gasteiger partial charge is 0.252 e. The normalized spacial score (nSPS) is 10.6. The van der Waals surface area contributed by atoms with Crippen LogP contribution in [0.5, 0.6) is 0 Å². The van der Waals surface area contributed by atoms with Gasteiger partial charge in [-0.05, 0) is 24.3 Å². The minimum atomic E-state index is 0.443. The predicted molar refractivity (Wildman–Crippen MR) is 56.3 cm³/mol. The van der Waals surface area contributed by atoms with Gasteiger partial charge < -0.3 is 0 Å². The molecule has 0 spiro atoms. The number of nitrogens with zero attached hydrogens (tertiary/aromatic N) is 1. The molecule has 1 aromatic carbocycles. The van der Waals surface area contributed by atoms with Crippen LogP contribution in [-0.2, 0) is 5.88 Å². The highest BCUT2D eigenvalue weighted by molar-refractivity contribution is 6.31. The van der Waals surface area contributed by atoms with E-state index in [1.54, 1.807) is 0 Å². The SMILES string of the molecule is ClCc1ccc2cc(Cl)ccc2n1. The molecule has 1 nitrogen and oxygen atoms in total. The van der Waals surface area contributed by atoms with Crippen LogP contribution >= 0.6 is 23.2 Å². The maximum Gasteiger partial charge on any atom is 0.0706 e. The van der Waals surface area contributed by atoms with Gasteiger partial charge in [0.25, 0.3) is 0 Å². The number of hydrogen-bond acceptors (Lipinski definition) is 1. The average molecular weight is 212 g/mol. The second kappa shape index (κ2) is 3.52. The van der Waals surface area contributed by atoms with E-state index >= 15 is 0 Å². The van der Waals surface area contributed by atoms with Crippen molar-refractivity contribution in [2.24, 2.45) is 0 Å². The summed E-state index contributed by atoms with van der Waals surface area (Å²) in [7, 11) is 0. The number of rotatable bonds is 1. The van der Waals surface area contributed by atoms with E-state index in [0.29, 0.717) is 5.88 Å². The van der Waals surface area contributed by atoms with Crippen LogP contribution in [0.25, 0.3) is 10.9 Å². The van der Waals surface area contributed by atoms with E-state index in [0.717, 1.165) is 21.6 Å². The van der Waals surface area contributed by atoms with Crippen molar-refractivity contribution in [3.63, 3.8) is 0 Å². The molecule has 0 fully saturated rings. The first-order valence-electron chi connectivity index (χ1n) is 3.91. The van der Waals surface area contributed by atoms with Gasteiger partial charge in [0.15, 0.2) is 0 Å². The Hall–Kier alpha value is -0.790. The molecule has 0 aliphatic heterocycles. The summed E-state index contributed by atoms with van der Waals surface area (Å²) in [6.45, 7) is 0. The Kier molecular flexibility index (Phi) is 2.38. The van der Waals surface area contributed by atoms with Crippen molar-refractivity contribution in [2.45, 2.75) is 5.88 Å². The molecule has 0 bridgehead atoms. The molecule has 0 unspecified atom stereocenters. The number of fused-ring (bicyclic) bond motifs is 1. The van der Waals surface area contributed by atoms with Crippen LogP contribution in [-0.4, -0.2) is 4.98 Å². The van der Waals surface area contributed by atoms with Crippen molar-refractivity contribution in [3.8, 4) is 0 Å². The maximum absolute atomic E-state index is 5.84. The summed E-state index contributed by atoms with van der Waals surface area (Å²) in [5.41, 5.74) is 1.82. The van der Waals surface area contributed by atoms with E-state index in [1.165, 1.54) is 0 Å². The van der Waals surface area contributed by atoms with Crippen LogP contribution < -0.4 is 0 Å². The van der Waals surface area contributed by atoms with Crippen molar-refractivity contribution >= 4 is 34.1 Å². The van der Waals surface area contributed by atoms with E-state index < -0.39 is 0 Å². The Labute approximate surface area is 86.3 Å². The van der Waals surface area contributed by atoms with Gasteiger partial charge in [0.2, 0.25) is 0 Å². The summed E-state index contributed by atoms with van der Waals surface area (Å²) < 4.78 is 0. The van der Waals surface area contributed by atoms with Gasteiger partial charge in [-0.1, -0.05) is 17.7 Å². The highest BCUT2D eigenvalue weighted by atomic mass is 35.5. The molecule has 0 radical (unpaired) electrons. The molecule has 0 aliphatic carbocycles. The smallest absolute Gasteiger partial charge is 0.0706 e. The van der Waals surface area contributed by atoms with Gasteiger partial charge in [0, 0.05) is 10.4 Å². The maximum atomic E-state index is 5.84. The first kappa shape index (κ1) is 8.79. The lowest BCUT2D eigenvalue weighted by atomic mass is 10.2. The molecule has 0 N–H and O–H groups in total. The van der Waals surface area contributed by atoms with Crippen LogP contribution in [0, 0.1) is 0 Å². The van der Waals surface area contributed by atoms with E-state index in [9.17, 15) is 0 Å². The minimum Gasteiger partial charge on any atom is -0.252 e. The van der Waals surface area contributed by atoms with E-state index in [4.69, 9.17) is 23.2 Å². The lowest BCUT2D eigenvalue weighted by molar-refractivity contribution is 1.22. The fourth-order valence-electron chi connectivity index (χ4n) is 1.21. The van der Waals surface area contributed by atoms with Gasteiger partial charge >= 0.3 is 0 Å². The Bertz CT molecular complexity index is 440. The first-order valence-corrected chi connectivity index (χ1v) is 4.82. The summed E-state index contributed by atoms with van der Waals surface area (Å²) in [5.74, 6) is 0.443. The third-order valence-electron chi connectivity index (χ3n) is 1.85. The molecule has 0 saturated heterocycles. The zero-order chi connectivity index (χ0) is 9.26. The van der Waals surface area contributed by atoms with Gasteiger partial charge in [-0.25, -0.2) is 0 Å². The van der Waals surface area contributed by atoms with Gasteiger partial charge in [0.1, 0.15) is 0 Å². The Morgan fingerprint density at radius 2 is 2.00 bits per heavy atom. The average Bonchev–Trinajstić information content (AvgIpc) is 2.17. The Morgan fingerprint density at radius 3 is 2.77 bits per heavy atom. The van der Waals surface area contributed by atoms with Gasteiger partial charge in [0.05, 0.1) is 17.1 Å². The Morgan fingerprint density at radius 1 is 1.15 bits per heavy atom. The van der Waals surface area contributed by atoms with E-state index in [1.807, 2.05) is 30.3 Å². The van der Waals surface area contributed by atoms with Crippen molar-refractivity contribution < 1.29 is 0 Å². The molecule has 0 amide bonds. The molecular formula is C10H7Cl2N. The quantitative estimate of drug-likeness (QED) is 0.657. The van der Waals surface area contributed by atoms with Crippen LogP contribution in [0.1, 0.15) is 5.69 Å². The predicted octanol–water partition coefficient (Wildman–Crippen LogP) is 3.63. The number of alkyl halides is 1. The number of pyridine rings is 1. The number of halogens is 2. The highest BCUT2D eigenvalue weighted by Crippen LogP contribution is 2.18. The van der Waals surface area contributed by atoms with Crippen molar-refractivity contribution in [1.82, 2.24) is 4.98 Å². The molecule has 1 heterocycles. The zero-order valence-electron chi connectivity index (χ0n) is 6.80. The number of hydrogen-bond donors (Lipinski definition) is 0. The summed E-state index contributed by atoms with van der Waals surface area (Å²) >= 11 is 11.5. The summed E-state index contributed by atoms with van der Waals surface area (Å²) in [6.07, 6.45) is 0. The molecule has 2 aromatic rings. The van der Waals surface area contributed by atoms with Gasteiger partial charge in [-0.2, -0.15) is 0 Å². The summed E-state index contributed by atoms with van der Waals surface area (Å²) in [5, 5.41) is 1.77. The monoisotopic (exact) mass is 211 g/mol. The van der Waals surface area contributed by atoms with Crippen molar-refractivity contribution in [1.29, 1.82) is 0 Å². The minimum absolute atomic E-state index is 0.443. The molecule has 2 rings (SSSR count). The highest BCUT2D eigenvalue weighted by Gasteiger charge is 1.97. The number of aromatic nitrogens is 1. The third-order valence-corrected chi connectivity index (χ3v) is 2.35. The second-order valence-corrected chi connectivity index (χ2v) is 3.48. The van der Waals surface area contributed by atoms with Crippen LogP contribution in [0.15, 0.2) is 30.3 Å². The summed E-state index contributed by atoms with van der Waals surface area (Å²) in [6, 6.07) is 9.50. The van der Waals surface area contributed by atoms with Crippen molar-refractivity contribution in [2.75, 3.05) is 0 Å². The molecular weight excluding hydrogens is 205 g/mol. The van der Waals surface area contributed by atoms with Crippen LogP contribution in [0.2, 0.25) is 5.02 Å². The van der Waals surface area contributed by atoms with E-state index in [2.05, 4.69) is 4.98 Å². The molecule has 0 atom stereocenters. The van der Waals surface area contributed by atoms with Crippen LogP contribution in [0.4, 0.5) is 0 Å². The molecule has 3 heteroatoms. The topological polar surface area (TPSA) is 12.9 Å². The molecule has 1 aromatic heterocycles. The van der Waals surface area contributed by atoms with E-state index in [-0.39, 0.29) is 0 Å². The molecule has 66 valence electrons. The standard InChI is InChI=1S/C10H7Cl2N/c11-6-9-3-1-7-5-8(12)2-4-10(7)13-9/h1-5H,6H2.